The van der Waals surface area contributed by atoms with Crippen molar-refractivity contribution < 1.29 is 9.53 Å². The van der Waals surface area contributed by atoms with Gasteiger partial charge in [-0.3, -0.25) is 4.79 Å². The number of benzene rings is 1. The Bertz CT molecular complexity index is 355. The van der Waals surface area contributed by atoms with Crippen LogP contribution in [0.4, 0.5) is 0 Å². The molecule has 0 aliphatic carbocycles. The van der Waals surface area contributed by atoms with Crippen molar-refractivity contribution >= 4 is 21.8 Å². The molecule has 1 N–H and O–H groups in total. The molecule has 0 saturated heterocycles. The van der Waals surface area contributed by atoms with E-state index in [2.05, 4.69) is 21.2 Å². The first-order valence-corrected chi connectivity index (χ1v) is 6.82. The first kappa shape index (κ1) is 14.2. The monoisotopic (exact) mass is 299 g/mol. The minimum atomic E-state index is -0.00235. The van der Waals surface area contributed by atoms with Crippen molar-refractivity contribution in [1.82, 2.24) is 5.32 Å². The molecular formula is C13H18BrNO2. The fraction of sp³-hybridized carbons (Fsp3) is 0.462. The van der Waals surface area contributed by atoms with Gasteiger partial charge < -0.3 is 10.1 Å². The van der Waals surface area contributed by atoms with Crippen LogP contribution in [0.1, 0.15) is 28.8 Å². The van der Waals surface area contributed by atoms with E-state index in [0.717, 1.165) is 30.6 Å². The van der Waals surface area contributed by atoms with Gasteiger partial charge >= 0.3 is 0 Å². The summed E-state index contributed by atoms with van der Waals surface area (Å²) in [5.74, 6) is -0.00235. The standard InChI is InChI=1S/C13H18BrNO2/c1-17-9-5-4-8-15-13(16)12-7-3-2-6-11(12)10-14/h2-3,6-7H,4-5,8-10H2,1H3,(H,15,16). The molecule has 17 heavy (non-hydrogen) atoms. The number of amides is 1. The van der Waals surface area contributed by atoms with E-state index in [-0.39, 0.29) is 5.91 Å². The van der Waals surface area contributed by atoms with Crippen LogP contribution in [0.25, 0.3) is 0 Å². The number of carbonyl (C=O) groups is 1. The van der Waals surface area contributed by atoms with Crippen LogP contribution in [0.15, 0.2) is 24.3 Å². The summed E-state index contributed by atoms with van der Waals surface area (Å²) in [5.41, 5.74) is 1.76. The molecule has 0 saturated carbocycles. The summed E-state index contributed by atoms with van der Waals surface area (Å²) in [5, 5.41) is 3.61. The Balaban J connectivity index is 2.41. The normalized spacial score (nSPS) is 10.2. The highest BCUT2D eigenvalue weighted by Gasteiger charge is 2.08. The maximum Gasteiger partial charge on any atom is 0.251 e. The van der Waals surface area contributed by atoms with Crippen LogP contribution in [-0.2, 0) is 10.1 Å². The SMILES string of the molecule is COCCCCNC(=O)c1ccccc1CBr. The van der Waals surface area contributed by atoms with Crippen LogP contribution in [0.3, 0.4) is 0 Å². The van der Waals surface area contributed by atoms with Gasteiger partial charge in [0, 0.05) is 31.2 Å². The van der Waals surface area contributed by atoms with Gasteiger partial charge in [0.15, 0.2) is 0 Å². The average molecular weight is 300 g/mol. The van der Waals surface area contributed by atoms with Crippen molar-refractivity contribution in [2.75, 3.05) is 20.3 Å². The lowest BCUT2D eigenvalue weighted by Gasteiger charge is -2.08. The number of unbranched alkanes of at least 4 members (excludes halogenated alkanes) is 1. The van der Waals surface area contributed by atoms with Crippen molar-refractivity contribution in [1.29, 1.82) is 0 Å². The van der Waals surface area contributed by atoms with Gasteiger partial charge in [0.05, 0.1) is 0 Å². The molecule has 0 heterocycles. The van der Waals surface area contributed by atoms with E-state index < -0.39 is 0 Å². The van der Waals surface area contributed by atoms with Gasteiger partial charge in [-0.25, -0.2) is 0 Å². The van der Waals surface area contributed by atoms with Gasteiger partial charge in [-0.05, 0) is 24.5 Å². The lowest BCUT2D eigenvalue weighted by Crippen LogP contribution is -2.25. The molecule has 0 fully saturated rings. The molecule has 0 radical (unpaired) electrons. The summed E-state index contributed by atoms with van der Waals surface area (Å²) in [6.07, 6.45) is 1.91. The molecule has 0 aliphatic rings. The molecule has 94 valence electrons. The van der Waals surface area contributed by atoms with E-state index in [1.807, 2.05) is 24.3 Å². The fourth-order valence-corrected chi connectivity index (χ4v) is 2.02. The van der Waals surface area contributed by atoms with Gasteiger partial charge in [0.25, 0.3) is 5.91 Å². The van der Waals surface area contributed by atoms with E-state index in [9.17, 15) is 4.79 Å². The molecular weight excluding hydrogens is 282 g/mol. The second-order valence-electron chi connectivity index (χ2n) is 3.75. The first-order valence-electron chi connectivity index (χ1n) is 5.70. The number of hydrogen-bond acceptors (Lipinski definition) is 2. The molecule has 1 rings (SSSR count). The summed E-state index contributed by atoms with van der Waals surface area (Å²) in [4.78, 5) is 11.9. The van der Waals surface area contributed by atoms with Crippen molar-refractivity contribution in [3.8, 4) is 0 Å². The lowest BCUT2D eigenvalue weighted by atomic mass is 10.1. The third kappa shape index (κ3) is 4.88. The Labute approximate surface area is 111 Å². The summed E-state index contributed by atoms with van der Waals surface area (Å²) in [6.45, 7) is 1.44. The number of rotatable bonds is 7. The molecule has 0 spiro atoms. The van der Waals surface area contributed by atoms with Crippen LogP contribution in [0.2, 0.25) is 0 Å². The number of nitrogens with one attached hydrogen (secondary N) is 1. The van der Waals surface area contributed by atoms with Crippen LogP contribution in [0, 0.1) is 0 Å². The third-order valence-electron chi connectivity index (χ3n) is 2.47. The van der Waals surface area contributed by atoms with Crippen molar-refractivity contribution in [3.05, 3.63) is 35.4 Å². The number of methoxy groups -OCH3 is 1. The highest BCUT2D eigenvalue weighted by atomic mass is 79.9. The van der Waals surface area contributed by atoms with E-state index in [4.69, 9.17) is 4.74 Å². The Hall–Kier alpha value is -0.870. The molecule has 4 heteroatoms. The second-order valence-corrected chi connectivity index (χ2v) is 4.31. The Morgan fingerprint density at radius 3 is 2.82 bits per heavy atom. The number of ether oxygens (including phenoxy) is 1. The van der Waals surface area contributed by atoms with Crippen molar-refractivity contribution in [2.45, 2.75) is 18.2 Å². The minimum Gasteiger partial charge on any atom is -0.385 e. The van der Waals surface area contributed by atoms with Gasteiger partial charge in [-0.15, -0.1) is 0 Å². The number of carbonyl (C=O) groups excluding carboxylic acids is 1. The van der Waals surface area contributed by atoms with Crippen LogP contribution < -0.4 is 5.32 Å². The van der Waals surface area contributed by atoms with Crippen molar-refractivity contribution in [3.63, 3.8) is 0 Å². The zero-order chi connectivity index (χ0) is 12.5. The zero-order valence-electron chi connectivity index (χ0n) is 10.0. The van der Waals surface area contributed by atoms with Crippen LogP contribution in [-0.4, -0.2) is 26.2 Å². The fourth-order valence-electron chi connectivity index (χ4n) is 1.53. The number of hydrogen-bond donors (Lipinski definition) is 1. The molecule has 1 aromatic carbocycles. The van der Waals surface area contributed by atoms with E-state index in [0.29, 0.717) is 11.9 Å². The minimum absolute atomic E-state index is 0.00235. The smallest absolute Gasteiger partial charge is 0.251 e. The van der Waals surface area contributed by atoms with E-state index in [1.54, 1.807) is 7.11 Å². The third-order valence-corrected chi connectivity index (χ3v) is 3.07. The van der Waals surface area contributed by atoms with Gasteiger partial charge in [0.1, 0.15) is 0 Å². The largest absolute Gasteiger partial charge is 0.385 e. The number of halogens is 1. The van der Waals surface area contributed by atoms with Gasteiger partial charge in [-0.2, -0.15) is 0 Å². The summed E-state index contributed by atoms with van der Waals surface area (Å²) >= 11 is 3.38. The molecule has 1 amide bonds. The topological polar surface area (TPSA) is 38.3 Å². The van der Waals surface area contributed by atoms with Gasteiger partial charge in [0.2, 0.25) is 0 Å². The Morgan fingerprint density at radius 2 is 2.12 bits per heavy atom. The van der Waals surface area contributed by atoms with Gasteiger partial charge in [-0.1, -0.05) is 34.1 Å². The van der Waals surface area contributed by atoms with E-state index >= 15 is 0 Å². The van der Waals surface area contributed by atoms with Crippen LogP contribution in [0.5, 0.6) is 0 Å². The molecule has 0 unspecified atom stereocenters. The Kier molecular flexibility index (Phi) is 6.89. The van der Waals surface area contributed by atoms with Crippen LogP contribution >= 0.6 is 15.9 Å². The van der Waals surface area contributed by atoms with Crippen molar-refractivity contribution in [2.24, 2.45) is 0 Å². The molecule has 3 nitrogen and oxygen atoms in total. The second kappa shape index (κ2) is 8.25. The average Bonchev–Trinajstić information content (AvgIpc) is 2.38. The highest BCUT2D eigenvalue weighted by Crippen LogP contribution is 2.12. The zero-order valence-corrected chi connectivity index (χ0v) is 11.6. The first-order chi connectivity index (χ1) is 8.29. The quantitative estimate of drug-likeness (QED) is 0.621. The lowest BCUT2D eigenvalue weighted by molar-refractivity contribution is 0.0950. The Morgan fingerprint density at radius 1 is 1.35 bits per heavy atom. The maximum atomic E-state index is 11.9. The number of alkyl halides is 1. The molecule has 0 aromatic heterocycles. The maximum absolute atomic E-state index is 11.9. The molecule has 0 aliphatic heterocycles. The van der Waals surface area contributed by atoms with E-state index in [1.165, 1.54) is 0 Å². The predicted octanol–water partition coefficient (Wildman–Crippen LogP) is 2.74. The summed E-state index contributed by atoms with van der Waals surface area (Å²) < 4.78 is 4.95. The molecule has 0 atom stereocenters. The summed E-state index contributed by atoms with van der Waals surface area (Å²) in [6, 6.07) is 7.62. The summed E-state index contributed by atoms with van der Waals surface area (Å²) in [7, 11) is 1.69. The predicted molar refractivity (Wildman–Crippen MR) is 72.5 cm³/mol. The highest BCUT2D eigenvalue weighted by molar-refractivity contribution is 9.08. The molecule has 0 bridgehead atoms. The molecule has 1 aromatic rings.